The molecule has 0 aliphatic carbocycles. The minimum atomic E-state index is -0.0694. The highest BCUT2D eigenvalue weighted by Gasteiger charge is 2.15. The van der Waals surface area contributed by atoms with Crippen molar-refractivity contribution >= 4 is 43.2 Å². The van der Waals surface area contributed by atoms with Crippen LogP contribution in [0.1, 0.15) is 29.1 Å². The van der Waals surface area contributed by atoms with Gasteiger partial charge in [-0.3, -0.25) is 4.79 Å². The summed E-state index contributed by atoms with van der Waals surface area (Å²) >= 11 is 3.08. The number of hydrogen-bond acceptors (Lipinski definition) is 7. The number of nitrogens with zero attached hydrogens (tertiary/aromatic N) is 2. The van der Waals surface area contributed by atoms with Gasteiger partial charge in [0.1, 0.15) is 17.2 Å². The molecule has 0 saturated heterocycles. The van der Waals surface area contributed by atoms with E-state index >= 15 is 0 Å². The molecule has 1 N–H and O–H groups in total. The van der Waals surface area contributed by atoms with Crippen molar-refractivity contribution < 1.29 is 14.3 Å². The summed E-state index contributed by atoms with van der Waals surface area (Å²) in [7, 11) is 1.65. The van der Waals surface area contributed by atoms with Gasteiger partial charge in [-0.25, -0.2) is 4.98 Å². The van der Waals surface area contributed by atoms with Gasteiger partial charge in [-0.2, -0.15) is 0 Å². The Morgan fingerprint density at radius 1 is 1.14 bits per heavy atom. The van der Waals surface area contributed by atoms with Gasteiger partial charge in [0.15, 0.2) is 5.13 Å². The molecule has 8 heteroatoms. The van der Waals surface area contributed by atoms with Crippen molar-refractivity contribution in [2.45, 2.75) is 20.4 Å². The molecule has 2 heterocycles. The van der Waals surface area contributed by atoms with E-state index in [4.69, 9.17) is 9.47 Å². The van der Waals surface area contributed by atoms with Crippen LogP contribution in [0.25, 0.3) is 9.53 Å². The maximum absolute atomic E-state index is 12.5. The monoisotopic (exact) mass is 419 g/mol. The van der Waals surface area contributed by atoms with E-state index in [-0.39, 0.29) is 5.91 Å². The number of methoxy groups -OCH3 is 1. The number of carbonyl (C=O) groups excluding carboxylic acids is 1. The van der Waals surface area contributed by atoms with Crippen LogP contribution in [0, 0.1) is 0 Å². The Labute approximate surface area is 173 Å². The number of hydrogen-bond donors (Lipinski definition) is 1. The number of fused-ring (bicyclic) bond motifs is 1. The minimum Gasteiger partial charge on any atom is -0.491 e. The predicted octanol–water partition coefficient (Wildman–Crippen LogP) is 4.16. The molecular formula is C20H25N3O3S2. The van der Waals surface area contributed by atoms with Gasteiger partial charge >= 0.3 is 0 Å². The van der Waals surface area contributed by atoms with Gasteiger partial charge in [0.25, 0.3) is 5.91 Å². The predicted molar refractivity (Wildman–Crippen MR) is 116 cm³/mol. The van der Waals surface area contributed by atoms with Gasteiger partial charge in [-0.1, -0.05) is 23.5 Å². The highest BCUT2D eigenvalue weighted by atomic mass is 32.1. The topological polar surface area (TPSA) is 63.7 Å². The molecule has 0 spiro atoms. The first kappa shape index (κ1) is 20.6. The van der Waals surface area contributed by atoms with E-state index in [1.807, 2.05) is 30.3 Å². The molecule has 3 rings (SSSR count). The van der Waals surface area contributed by atoms with Crippen LogP contribution >= 0.6 is 22.7 Å². The largest absolute Gasteiger partial charge is 0.491 e. The average Bonchev–Trinajstić information content (AvgIpc) is 3.28. The number of ether oxygens (including phenoxy) is 2. The summed E-state index contributed by atoms with van der Waals surface area (Å²) in [5.41, 5.74) is 1.02. The number of carbonyl (C=O) groups is 1. The lowest BCUT2D eigenvalue weighted by atomic mass is 10.2. The van der Waals surface area contributed by atoms with Crippen molar-refractivity contribution in [1.29, 1.82) is 0 Å². The molecule has 6 nitrogen and oxygen atoms in total. The number of thiophene rings is 1. The van der Waals surface area contributed by atoms with Gasteiger partial charge in [-0.05, 0) is 37.6 Å². The molecular weight excluding hydrogens is 394 g/mol. The van der Waals surface area contributed by atoms with Crippen molar-refractivity contribution in [2.75, 3.05) is 38.3 Å². The van der Waals surface area contributed by atoms with E-state index < -0.39 is 0 Å². The van der Waals surface area contributed by atoms with Gasteiger partial charge in [0.2, 0.25) is 0 Å². The minimum absolute atomic E-state index is 0.0694. The number of nitrogens with one attached hydrogen (secondary N) is 1. The lowest BCUT2D eigenvalue weighted by Gasteiger charge is -2.16. The van der Waals surface area contributed by atoms with Crippen LogP contribution in [-0.2, 0) is 11.3 Å². The summed E-state index contributed by atoms with van der Waals surface area (Å²) in [5, 5.41) is 3.99. The fourth-order valence-corrected chi connectivity index (χ4v) is 4.94. The Balaban J connectivity index is 1.56. The van der Waals surface area contributed by atoms with Gasteiger partial charge in [0, 0.05) is 26.7 Å². The van der Waals surface area contributed by atoms with Crippen molar-refractivity contribution in [1.82, 2.24) is 10.3 Å². The molecule has 0 saturated carbocycles. The van der Waals surface area contributed by atoms with E-state index in [0.29, 0.717) is 24.6 Å². The van der Waals surface area contributed by atoms with E-state index in [1.54, 1.807) is 18.4 Å². The van der Waals surface area contributed by atoms with Crippen LogP contribution in [0.2, 0.25) is 0 Å². The number of benzene rings is 1. The first-order valence-electron chi connectivity index (χ1n) is 9.28. The van der Waals surface area contributed by atoms with E-state index in [9.17, 15) is 4.79 Å². The van der Waals surface area contributed by atoms with Crippen molar-refractivity contribution in [2.24, 2.45) is 0 Å². The molecule has 3 aromatic rings. The maximum Gasteiger partial charge on any atom is 0.261 e. The fraction of sp³-hybridized carbons (Fsp3) is 0.400. The van der Waals surface area contributed by atoms with Crippen molar-refractivity contribution in [3.63, 3.8) is 0 Å². The second-order valence-electron chi connectivity index (χ2n) is 6.12. The Bertz CT molecular complexity index is 870. The third-order valence-corrected chi connectivity index (χ3v) is 6.49. The molecule has 0 bridgehead atoms. The van der Waals surface area contributed by atoms with Gasteiger partial charge < -0.3 is 19.7 Å². The van der Waals surface area contributed by atoms with Crippen LogP contribution in [-0.4, -0.2) is 44.3 Å². The average molecular weight is 420 g/mol. The van der Waals surface area contributed by atoms with Crippen molar-refractivity contribution in [3.8, 4) is 5.75 Å². The summed E-state index contributed by atoms with van der Waals surface area (Å²) in [6, 6.07) is 9.64. The summed E-state index contributed by atoms with van der Waals surface area (Å²) in [4.78, 5) is 21.0. The second-order valence-corrected chi connectivity index (χ2v) is 8.16. The van der Waals surface area contributed by atoms with Crippen LogP contribution in [0.4, 0.5) is 5.13 Å². The SMILES string of the molecule is CCN(CC)c1nc2sc(C(=O)NCc3ccc(OCCOC)cc3)cc2s1. The number of rotatable bonds is 10. The molecule has 0 atom stereocenters. The molecule has 0 aliphatic heterocycles. The van der Waals surface area contributed by atoms with E-state index in [1.165, 1.54) is 11.3 Å². The number of thiazole rings is 1. The third kappa shape index (κ3) is 5.01. The quantitative estimate of drug-likeness (QED) is 0.500. The third-order valence-electron chi connectivity index (χ3n) is 4.27. The van der Waals surface area contributed by atoms with Gasteiger partial charge in [-0.15, -0.1) is 11.3 Å². The summed E-state index contributed by atoms with van der Waals surface area (Å²) in [6.45, 7) is 7.66. The number of amides is 1. The maximum atomic E-state index is 12.5. The Morgan fingerprint density at radius 2 is 1.89 bits per heavy atom. The first-order valence-corrected chi connectivity index (χ1v) is 10.9. The van der Waals surface area contributed by atoms with Crippen molar-refractivity contribution in [3.05, 3.63) is 40.8 Å². The highest BCUT2D eigenvalue weighted by molar-refractivity contribution is 7.29. The molecule has 0 radical (unpaired) electrons. The Morgan fingerprint density at radius 3 is 2.54 bits per heavy atom. The standard InChI is InChI=1S/C20H25N3O3S2/c1-4-23(5-2)20-22-19-17(28-20)12-16(27-19)18(24)21-13-14-6-8-15(9-7-14)26-11-10-25-3/h6-9,12H,4-5,10-11,13H2,1-3H3,(H,21,24). The summed E-state index contributed by atoms with van der Waals surface area (Å²) < 4.78 is 11.6. The summed E-state index contributed by atoms with van der Waals surface area (Å²) in [6.07, 6.45) is 0. The number of aromatic nitrogens is 1. The van der Waals surface area contributed by atoms with Gasteiger partial charge in [0.05, 0.1) is 16.2 Å². The number of anilines is 1. The zero-order valence-electron chi connectivity index (χ0n) is 16.4. The highest BCUT2D eigenvalue weighted by Crippen LogP contribution is 2.34. The van der Waals surface area contributed by atoms with Crippen LogP contribution in [0.5, 0.6) is 5.75 Å². The molecule has 1 amide bonds. The second kappa shape index (κ2) is 9.86. The normalized spacial score (nSPS) is 11.0. The molecule has 1 aromatic carbocycles. The zero-order valence-corrected chi connectivity index (χ0v) is 18.0. The lowest BCUT2D eigenvalue weighted by molar-refractivity contribution is 0.0955. The van der Waals surface area contributed by atoms with E-state index in [2.05, 4.69) is 29.0 Å². The Hall–Kier alpha value is -2.16. The first-order chi connectivity index (χ1) is 13.6. The Kier molecular flexibility index (Phi) is 7.24. The van der Waals surface area contributed by atoms with Crippen LogP contribution < -0.4 is 15.0 Å². The van der Waals surface area contributed by atoms with Crippen LogP contribution in [0.3, 0.4) is 0 Å². The summed E-state index contributed by atoms with van der Waals surface area (Å²) in [5.74, 6) is 0.723. The molecule has 28 heavy (non-hydrogen) atoms. The van der Waals surface area contributed by atoms with E-state index in [0.717, 1.165) is 39.1 Å². The van der Waals surface area contributed by atoms with Crippen LogP contribution in [0.15, 0.2) is 30.3 Å². The molecule has 0 aliphatic rings. The molecule has 0 fully saturated rings. The lowest BCUT2D eigenvalue weighted by Crippen LogP contribution is -2.22. The molecule has 0 unspecified atom stereocenters. The molecule has 150 valence electrons. The smallest absolute Gasteiger partial charge is 0.261 e. The molecule has 2 aromatic heterocycles. The zero-order chi connectivity index (χ0) is 19.9. The fourth-order valence-electron chi connectivity index (χ4n) is 2.68.